The van der Waals surface area contributed by atoms with Crippen LogP contribution in [0.25, 0.3) is 0 Å². The molecule has 1 aromatic carbocycles. The summed E-state index contributed by atoms with van der Waals surface area (Å²) in [4.78, 5) is 10.3. The van der Waals surface area contributed by atoms with E-state index < -0.39 is 5.97 Å². The second-order valence-electron chi connectivity index (χ2n) is 1.89. The summed E-state index contributed by atoms with van der Waals surface area (Å²) in [5.41, 5.74) is 5.80. The van der Waals surface area contributed by atoms with E-state index in [1.165, 1.54) is 6.07 Å². The Labute approximate surface area is 83.3 Å². The first-order valence-electron chi connectivity index (χ1n) is 2.79. The topological polar surface area (TPSA) is 63.3 Å². The second-order valence-corrected chi connectivity index (χ2v) is 1.89. The number of rotatable bonds is 1. The van der Waals surface area contributed by atoms with Gasteiger partial charge in [-0.2, -0.15) is 0 Å². The number of carboxylic acids is 1. The molecule has 0 aliphatic rings. The molecule has 0 radical (unpaired) electrons. The summed E-state index contributed by atoms with van der Waals surface area (Å²) in [7, 11) is 0. The maximum absolute atomic E-state index is 10.3. The van der Waals surface area contributed by atoms with Gasteiger partial charge < -0.3 is 13.7 Å². The minimum absolute atomic E-state index is 0. The Bertz CT molecular complexity index is 270. The van der Waals surface area contributed by atoms with E-state index in [-0.39, 0.29) is 31.5 Å². The van der Waals surface area contributed by atoms with Crippen LogP contribution in [0, 0.1) is 0 Å². The third kappa shape index (κ3) is 2.40. The number of hydrogen-bond donors (Lipinski definition) is 2. The van der Waals surface area contributed by atoms with Crippen molar-refractivity contribution >= 4 is 34.7 Å². The minimum atomic E-state index is -0.988. The maximum atomic E-state index is 10.3. The van der Waals surface area contributed by atoms with Crippen molar-refractivity contribution in [1.29, 1.82) is 0 Å². The fourth-order valence-corrected chi connectivity index (χ4v) is 0.692. The number of carbonyl (C=O) groups is 1. The largest absolute Gasteiger partial charge is 2.00 e. The van der Waals surface area contributed by atoms with Crippen molar-refractivity contribution in [2.75, 3.05) is 5.73 Å². The number of aromatic carboxylic acids is 1. The van der Waals surface area contributed by atoms with Gasteiger partial charge in [0.05, 0.1) is 5.56 Å². The Morgan fingerprint density at radius 3 is 2.36 bits per heavy atom. The van der Waals surface area contributed by atoms with Crippen molar-refractivity contribution in [3.63, 3.8) is 0 Å². The summed E-state index contributed by atoms with van der Waals surface area (Å²) >= 11 is 0. The fraction of sp³-hybridized carbons (Fsp3) is 0. The molecule has 0 heterocycles. The van der Waals surface area contributed by atoms with Crippen LogP contribution in [0.2, 0.25) is 0 Å². The summed E-state index contributed by atoms with van der Waals surface area (Å²) < 4.78 is 0. The molecule has 0 aliphatic carbocycles. The van der Waals surface area contributed by atoms with Crippen molar-refractivity contribution < 1.29 is 12.8 Å². The molecule has 0 aliphatic heterocycles. The zero-order chi connectivity index (χ0) is 7.56. The number of benzene rings is 1. The summed E-state index contributed by atoms with van der Waals surface area (Å²) in [5.74, 6) is -0.988. The molecule has 11 heavy (non-hydrogen) atoms. The first-order valence-corrected chi connectivity index (χ1v) is 2.79. The van der Waals surface area contributed by atoms with Crippen LogP contribution in [0.5, 0.6) is 0 Å². The number of anilines is 1. The molecule has 0 bridgehead atoms. The smallest absolute Gasteiger partial charge is 1.00 e. The van der Waals surface area contributed by atoms with Crippen molar-refractivity contribution in [1.82, 2.24) is 0 Å². The third-order valence-electron chi connectivity index (χ3n) is 1.19. The zero-order valence-corrected chi connectivity index (χ0v) is 7.36. The van der Waals surface area contributed by atoms with Crippen molar-refractivity contribution in [2.45, 2.75) is 0 Å². The first kappa shape index (κ1) is 10.3. The van der Waals surface area contributed by atoms with E-state index >= 15 is 0 Å². The van der Waals surface area contributed by atoms with E-state index in [1.807, 2.05) is 0 Å². The van der Waals surface area contributed by atoms with Gasteiger partial charge in [-0.05, 0) is 12.1 Å². The second kappa shape index (κ2) is 4.20. The van der Waals surface area contributed by atoms with Crippen LogP contribution < -0.4 is 5.73 Å². The number of carboxylic acid groups (broad SMARTS) is 1. The minimum Gasteiger partial charge on any atom is -1.00 e. The van der Waals surface area contributed by atoms with Crippen molar-refractivity contribution in [2.24, 2.45) is 0 Å². The zero-order valence-electron chi connectivity index (χ0n) is 7.95. The average Bonchev–Trinajstić information content (AvgIpc) is 1.88. The maximum Gasteiger partial charge on any atom is 2.00 e. The average molecular weight is 163 g/mol. The predicted molar refractivity (Wildman–Crippen MR) is 45.8 cm³/mol. The van der Waals surface area contributed by atoms with Crippen LogP contribution in [0.15, 0.2) is 24.3 Å². The van der Waals surface area contributed by atoms with Gasteiger partial charge in [0.25, 0.3) is 0 Å². The molecule has 1 rings (SSSR count). The SMILES string of the molecule is Nc1ccccc1C(=O)O.[H-].[H-].[Mg+2]. The summed E-state index contributed by atoms with van der Waals surface area (Å²) in [6.45, 7) is 0. The van der Waals surface area contributed by atoms with Gasteiger partial charge in [0.1, 0.15) is 0 Å². The van der Waals surface area contributed by atoms with Gasteiger partial charge in [-0.1, -0.05) is 12.1 Å². The third-order valence-corrected chi connectivity index (χ3v) is 1.19. The van der Waals surface area contributed by atoms with Crippen molar-refractivity contribution in [3.05, 3.63) is 29.8 Å². The van der Waals surface area contributed by atoms with Gasteiger partial charge in [0, 0.05) is 5.69 Å². The molecule has 0 fully saturated rings. The Balaban J connectivity index is -0.000000333. The molecular formula is C7H9MgNO2. The van der Waals surface area contributed by atoms with Gasteiger partial charge in [-0.3, -0.25) is 0 Å². The number of nitrogen functional groups attached to an aromatic ring is 1. The Morgan fingerprint density at radius 1 is 1.45 bits per heavy atom. The molecule has 0 unspecified atom stereocenters. The van der Waals surface area contributed by atoms with Crippen LogP contribution in [0.1, 0.15) is 13.2 Å². The number of hydrogen-bond acceptors (Lipinski definition) is 2. The van der Waals surface area contributed by atoms with Crippen LogP contribution in [0.3, 0.4) is 0 Å². The number of para-hydroxylation sites is 1. The standard InChI is InChI=1S/C7H7NO2.Mg.2H/c8-6-4-2-1-3-5(6)7(9)10;;;/h1-4H,8H2,(H,9,10);;;/q;+2;2*-1. The summed E-state index contributed by atoms with van der Waals surface area (Å²) in [6.07, 6.45) is 0. The van der Waals surface area contributed by atoms with Gasteiger partial charge in [0.2, 0.25) is 0 Å². The quantitative estimate of drug-likeness (QED) is 0.476. The number of nitrogens with two attached hydrogens (primary N) is 1. The Morgan fingerprint density at radius 2 is 2.00 bits per heavy atom. The van der Waals surface area contributed by atoms with Crippen LogP contribution in [-0.4, -0.2) is 34.1 Å². The van der Waals surface area contributed by atoms with Crippen LogP contribution in [-0.2, 0) is 0 Å². The molecule has 3 nitrogen and oxygen atoms in total. The van der Waals surface area contributed by atoms with E-state index in [0.29, 0.717) is 5.69 Å². The van der Waals surface area contributed by atoms with Crippen molar-refractivity contribution in [3.8, 4) is 0 Å². The molecule has 0 saturated heterocycles. The molecule has 3 N–H and O–H groups in total. The predicted octanol–water partition coefficient (Wildman–Crippen LogP) is 0.811. The van der Waals surface area contributed by atoms with Gasteiger partial charge >= 0.3 is 29.0 Å². The molecule has 0 saturated carbocycles. The molecule has 0 aromatic heterocycles. The van der Waals surface area contributed by atoms with Crippen LogP contribution >= 0.6 is 0 Å². The van der Waals surface area contributed by atoms with Crippen LogP contribution in [0.4, 0.5) is 5.69 Å². The van der Waals surface area contributed by atoms with E-state index in [2.05, 4.69) is 0 Å². The van der Waals surface area contributed by atoms with E-state index in [4.69, 9.17) is 10.8 Å². The molecule has 0 spiro atoms. The Hall–Kier alpha value is -0.744. The molecule has 4 heteroatoms. The van der Waals surface area contributed by atoms with E-state index in [0.717, 1.165) is 0 Å². The molecule has 0 amide bonds. The monoisotopic (exact) mass is 163 g/mol. The molecule has 56 valence electrons. The Kier molecular flexibility index (Phi) is 3.92. The van der Waals surface area contributed by atoms with Gasteiger partial charge in [0.15, 0.2) is 0 Å². The summed E-state index contributed by atoms with van der Waals surface area (Å²) in [5, 5.41) is 8.49. The molecule has 0 atom stereocenters. The van der Waals surface area contributed by atoms with E-state index in [9.17, 15) is 4.79 Å². The van der Waals surface area contributed by atoms with Gasteiger partial charge in [-0.25, -0.2) is 4.79 Å². The fourth-order valence-electron chi connectivity index (χ4n) is 0.692. The first-order chi connectivity index (χ1) is 4.72. The molecular weight excluding hydrogens is 154 g/mol. The summed E-state index contributed by atoms with van der Waals surface area (Å²) in [6, 6.07) is 6.36. The van der Waals surface area contributed by atoms with Gasteiger partial charge in [-0.15, -0.1) is 0 Å². The molecule has 1 aromatic rings. The van der Waals surface area contributed by atoms with E-state index in [1.54, 1.807) is 18.2 Å². The normalized spacial score (nSPS) is 8.36.